The summed E-state index contributed by atoms with van der Waals surface area (Å²) >= 11 is 0. The van der Waals surface area contributed by atoms with Gasteiger partial charge in [-0.1, -0.05) is 11.3 Å². The molecule has 1 aromatic carbocycles. The van der Waals surface area contributed by atoms with Crippen LogP contribution in [-0.2, 0) is 27.4 Å². The highest BCUT2D eigenvalue weighted by molar-refractivity contribution is 6.25. The summed E-state index contributed by atoms with van der Waals surface area (Å²) in [5, 5.41) is 13.7. The van der Waals surface area contributed by atoms with E-state index in [0.29, 0.717) is 24.5 Å². The second-order valence-electron chi connectivity index (χ2n) is 8.46. The molecule has 3 aliphatic rings. The molecule has 4 heterocycles. The van der Waals surface area contributed by atoms with Crippen LogP contribution < -0.4 is 10.6 Å². The van der Waals surface area contributed by atoms with Gasteiger partial charge in [-0.15, -0.1) is 5.10 Å². The van der Waals surface area contributed by atoms with Crippen LogP contribution in [0.4, 0.5) is 5.69 Å². The maximum Gasteiger partial charge on any atom is 0.264 e. The minimum atomic E-state index is -0.996. The van der Waals surface area contributed by atoms with Crippen molar-refractivity contribution in [3.63, 3.8) is 0 Å². The Hall–Kier alpha value is -3.64. The Bertz CT molecular complexity index is 1140. The Labute approximate surface area is 195 Å². The highest BCUT2D eigenvalue weighted by atomic mass is 16.5. The zero-order valence-corrected chi connectivity index (χ0v) is 18.5. The molecule has 0 bridgehead atoms. The van der Waals surface area contributed by atoms with Crippen molar-refractivity contribution in [2.24, 2.45) is 0 Å². The molecule has 2 fully saturated rings. The third-order valence-corrected chi connectivity index (χ3v) is 6.26. The Morgan fingerprint density at radius 3 is 2.71 bits per heavy atom. The van der Waals surface area contributed by atoms with Crippen LogP contribution in [-0.4, -0.2) is 87.3 Å². The zero-order valence-electron chi connectivity index (χ0n) is 18.5. The van der Waals surface area contributed by atoms with Gasteiger partial charge in [0.25, 0.3) is 11.8 Å². The fourth-order valence-corrected chi connectivity index (χ4v) is 4.45. The molecule has 2 aromatic rings. The SMILES string of the molecule is O=C1CCC(N2C(=O)c3cccc(NCc4cn(CCN5CCOCC5)nn4)c3C2=O)C(=O)N1. The van der Waals surface area contributed by atoms with Gasteiger partial charge in [0, 0.05) is 31.7 Å². The third kappa shape index (κ3) is 4.29. The van der Waals surface area contributed by atoms with Crippen molar-refractivity contribution in [3.8, 4) is 0 Å². The number of benzene rings is 1. The molecule has 3 aliphatic heterocycles. The van der Waals surface area contributed by atoms with Crippen molar-refractivity contribution in [1.29, 1.82) is 0 Å². The standard InChI is InChI=1S/C22H25N7O5/c30-18-5-4-17(20(31)24-18)29-21(32)15-2-1-3-16(19(15)22(29)33)23-12-14-13-28(26-25-14)7-6-27-8-10-34-11-9-27/h1-3,13,17,23H,4-12H2,(H,24,30,31). The molecule has 34 heavy (non-hydrogen) atoms. The largest absolute Gasteiger partial charge is 0.379 e. The number of imide groups is 2. The lowest BCUT2D eigenvalue weighted by Crippen LogP contribution is -2.54. The van der Waals surface area contributed by atoms with Crippen molar-refractivity contribution in [1.82, 2.24) is 30.1 Å². The number of anilines is 1. The topological polar surface area (TPSA) is 139 Å². The Morgan fingerprint density at radius 2 is 1.91 bits per heavy atom. The maximum atomic E-state index is 13.2. The lowest BCUT2D eigenvalue weighted by atomic mass is 10.0. The summed E-state index contributed by atoms with van der Waals surface area (Å²) in [5.74, 6) is -2.12. The summed E-state index contributed by atoms with van der Waals surface area (Å²) in [4.78, 5) is 53.1. The number of hydrogen-bond donors (Lipinski definition) is 2. The van der Waals surface area contributed by atoms with Crippen molar-refractivity contribution in [2.45, 2.75) is 32.0 Å². The molecule has 178 valence electrons. The number of carbonyl (C=O) groups excluding carboxylic acids is 4. The van der Waals surface area contributed by atoms with E-state index in [0.717, 1.165) is 37.7 Å². The van der Waals surface area contributed by atoms with Gasteiger partial charge >= 0.3 is 0 Å². The van der Waals surface area contributed by atoms with Gasteiger partial charge in [-0.2, -0.15) is 0 Å². The molecule has 1 atom stereocenters. The van der Waals surface area contributed by atoms with E-state index in [2.05, 4.69) is 25.8 Å². The van der Waals surface area contributed by atoms with Crippen molar-refractivity contribution in [2.75, 3.05) is 38.2 Å². The van der Waals surface area contributed by atoms with Crippen LogP contribution >= 0.6 is 0 Å². The number of fused-ring (bicyclic) bond motifs is 1. The van der Waals surface area contributed by atoms with Gasteiger partial charge in [0.1, 0.15) is 11.7 Å². The van der Waals surface area contributed by atoms with E-state index >= 15 is 0 Å². The predicted octanol–water partition coefficient (Wildman–Crippen LogP) is -0.376. The van der Waals surface area contributed by atoms with Gasteiger partial charge in [0.2, 0.25) is 11.8 Å². The number of nitrogens with zero attached hydrogens (tertiary/aromatic N) is 5. The average Bonchev–Trinajstić information content (AvgIpc) is 3.40. The number of rotatable bonds is 7. The summed E-state index contributed by atoms with van der Waals surface area (Å²) in [6, 6.07) is 3.96. The molecule has 2 N–H and O–H groups in total. The summed E-state index contributed by atoms with van der Waals surface area (Å²) < 4.78 is 7.14. The van der Waals surface area contributed by atoms with Crippen molar-refractivity contribution >= 4 is 29.3 Å². The number of carbonyl (C=O) groups is 4. The van der Waals surface area contributed by atoms with Crippen molar-refractivity contribution < 1.29 is 23.9 Å². The Kier molecular flexibility index (Phi) is 6.07. The van der Waals surface area contributed by atoms with E-state index in [1.54, 1.807) is 22.9 Å². The molecule has 0 aliphatic carbocycles. The first-order chi connectivity index (χ1) is 16.5. The number of nitrogens with one attached hydrogen (secondary N) is 2. The predicted molar refractivity (Wildman–Crippen MR) is 118 cm³/mol. The van der Waals surface area contributed by atoms with Gasteiger partial charge in [0.05, 0.1) is 43.6 Å². The summed E-state index contributed by atoms with van der Waals surface area (Å²) in [7, 11) is 0. The third-order valence-electron chi connectivity index (χ3n) is 6.26. The van der Waals surface area contributed by atoms with E-state index in [1.807, 2.05) is 6.20 Å². The normalized spacial score (nSPS) is 21.1. The maximum absolute atomic E-state index is 13.2. The highest BCUT2D eigenvalue weighted by Crippen LogP contribution is 2.32. The van der Waals surface area contributed by atoms with Crippen LogP contribution in [0, 0.1) is 0 Å². The van der Waals surface area contributed by atoms with Gasteiger partial charge in [0.15, 0.2) is 0 Å². The number of aromatic nitrogens is 3. The van der Waals surface area contributed by atoms with Gasteiger partial charge < -0.3 is 10.1 Å². The molecule has 1 unspecified atom stereocenters. The van der Waals surface area contributed by atoms with Crippen LogP contribution in [0.1, 0.15) is 39.3 Å². The molecule has 5 rings (SSSR count). The molecule has 2 saturated heterocycles. The molecule has 0 saturated carbocycles. The first-order valence-corrected chi connectivity index (χ1v) is 11.3. The number of ether oxygens (including phenoxy) is 1. The number of amides is 4. The average molecular weight is 467 g/mol. The quantitative estimate of drug-likeness (QED) is 0.522. The minimum Gasteiger partial charge on any atom is -0.379 e. The van der Waals surface area contributed by atoms with E-state index in [1.165, 1.54) is 0 Å². The molecule has 12 nitrogen and oxygen atoms in total. The fraction of sp³-hybridized carbons (Fsp3) is 0.455. The summed E-state index contributed by atoms with van der Waals surface area (Å²) in [6.07, 6.45) is 2.04. The Balaban J connectivity index is 1.25. The molecule has 0 spiro atoms. The summed E-state index contributed by atoms with van der Waals surface area (Å²) in [6.45, 7) is 5.19. The zero-order chi connectivity index (χ0) is 23.7. The molecule has 4 amide bonds. The molecule has 12 heteroatoms. The molecule has 1 aromatic heterocycles. The Morgan fingerprint density at radius 1 is 1.09 bits per heavy atom. The van der Waals surface area contributed by atoms with Crippen LogP contribution in [0.2, 0.25) is 0 Å². The second kappa shape index (κ2) is 9.31. The first-order valence-electron chi connectivity index (χ1n) is 11.3. The monoisotopic (exact) mass is 467 g/mol. The minimum absolute atomic E-state index is 0.0795. The van der Waals surface area contributed by atoms with E-state index in [9.17, 15) is 19.2 Å². The van der Waals surface area contributed by atoms with Crippen molar-refractivity contribution in [3.05, 3.63) is 41.2 Å². The van der Waals surface area contributed by atoms with Gasteiger partial charge in [-0.05, 0) is 18.6 Å². The van der Waals surface area contributed by atoms with E-state index in [-0.39, 0.29) is 24.0 Å². The van der Waals surface area contributed by atoms with Crippen LogP contribution in [0.3, 0.4) is 0 Å². The van der Waals surface area contributed by atoms with E-state index in [4.69, 9.17) is 4.74 Å². The lowest BCUT2D eigenvalue weighted by Gasteiger charge is -2.27. The van der Waals surface area contributed by atoms with Crippen LogP contribution in [0.25, 0.3) is 0 Å². The summed E-state index contributed by atoms with van der Waals surface area (Å²) in [5.41, 5.74) is 1.62. The number of piperidine rings is 1. The lowest BCUT2D eigenvalue weighted by molar-refractivity contribution is -0.136. The second-order valence-corrected chi connectivity index (χ2v) is 8.46. The highest BCUT2D eigenvalue weighted by Gasteiger charge is 2.45. The van der Waals surface area contributed by atoms with Gasteiger partial charge in [-0.3, -0.25) is 39.0 Å². The van der Waals surface area contributed by atoms with Gasteiger partial charge in [-0.25, -0.2) is 0 Å². The number of morpholine rings is 1. The fourth-order valence-electron chi connectivity index (χ4n) is 4.45. The first kappa shape index (κ1) is 22.2. The molecular weight excluding hydrogens is 442 g/mol. The number of hydrogen-bond acceptors (Lipinski definition) is 9. The molecular formula is C22H25N7O5. The molecule has 0 radical (unpaired) electrons. The van der Waals surface area contributed by atoms with Crippen LogP contribution in [0.5, 0.6) is 0 Å². The smallest absolute Gasteiger partial charge is 0.264 e. The van der Waals surface area contributed by atoms with E-state index < -0.39 is 29.7 Å². The van der Waals surface area contributed by atoms with Crippen LogP contribution in [0.15, 0.2) is 24.4 Å².